The van der Waals surface area contributed by atoms with Gasteiger partial charge in [-0.15, -0.1) is 0 Å². The molecule has 0 fully saturated rings. The lowest BCUT2D eigenvalue weighted by atomic mass is 10.2. The van der Waals surface area contributed by atoms with Crippen molar-refractivity contribution in [2.45, 2.75) is 13.1 Å². The molecule has 0 bridgehead atoms. The minimum Gasteiger partial charge on any atom is -0.490 e. The van der Waals surface area contributed by atoms with Gasteiger partial charge in [0.2, 0.25) is 0 Å². The van der Waals surface area contributed by atoms with Crippen LogP contribution in [0, 0.1) is 0 Å². The Kier molecular flexibility index (Phi) is 7.27. The van der Waals surface area contributed by atoms with Crippen LogP contribution in [-0.4, -0.2) is 25.3 Å². The molecule has 0 saturated heterocycles. The summed E-state index contributed by atoms with van der Waals surface area (Å²) in [6.07, 6.45) is -3.02. The number of alkyl halides is 3. The third kappa shape index (κ3) is 6.15. The number of halogens is 4. The second kappa shape index (κ2) is 9.45. The van der Waals surface area contributed by atoms with Crippen molar-refractivity contribution in [1.29, 1.82) is 0 Å². The van der Waals surface area contributed by atoms with E-state index in [1.807, 2.05) is 0 Å². The standard InChI is InChI=1S/C18H17BrF3N3O3/c1-2-27-15-7-11(6-14(19)17(15)28-10-16(23)26)9-24-25-13-5-3-4-12(8-13)18(20,21)22/h3-9,25H,2,10H2,1H3,(H2,23,26)/b24-9+. The summed E-state index contributed by atoms with van der Waals surface area (Å²) in [4.78, 5) is 10.9. The molecule has 1 amide bonds. The van der Waals surface area contributed by atoms with Crippen LogP contribution < -0.4 is 20.6 Å². The zero-order chi connectivity index (χ0) is 20.7. The van der Waals surface area contributed by atoms with E-state index in [4.69, 9.17) is 15.2 Å². The number of nitrogens with zero attached hydrogens (tertiary/aromatic N) is 1. The summed E-state index contributed by atoms with van der Waals surface area (Å²) in [6.45, 7) is 1.81. The number of hydrazone groups is 1. The van der Waals surface area contributed by atoms with Gasteiger partial charge in [-0.1, -0.05) is 6.07 Å². The SMILES string of the molecule is CCOc1cc(/C=N/Nc2cccc(C(F)(F)F)c2)cc(Br)c1OCC(N)=O. The number of carbonyl (C=O) groups is 1. The van der Waals surface area contributed by atoms with Crippen LogP contribution in [0.25, 0.3) is 0 Å². The fraction of sp³-hybridized carbons (Fsp3) is 0.222. The molecule has 0 unspecified atom stereocenters. The number of benzene rings is 2. The first-order valence-electron chi connectivity index (χ1n) is 8.04. The van der Waals surface area contributed by atoms with Crippen LogP contribution in [0.5, 0.6) is 11.5 Å². The number of amides is 1. The van der Waals surface area contributed by atoms with Crippen molar-refractivity contribution in [2.24, 2.45) is 10.8 Å². The van der Waals surface area contributed by atoms with E-state index >= 15 is 0 Å². The summed E-state index contributed by atoms with van der Waals surface area (Å²) in [7, 11) is 0. The molecule has 0 heterocycles. The third-order valence-corrected chi connectivity index (χ3v) is 3.88. The number of rotatable bonds is 8. The summed E-state index contributed by atoms with van der Waals surface area (Å²) in [5.41, 5.74) is 7.64. The first kappa shape index (κ1) is 21.5. The lowest BCUT2D eigenvalue weighted by molar-refractivity contribution is -0.137. The normalized spacial score (nSPS) is 11.5. The van der Waals surface area contributed by atoms with Gasteiger partial charge in [0.25, 0.3) is 5.91 Å². The number of primary amides is 1. The maximum atomic E-state index is 12.7. The topological polar surface area (TPSA) is 85.9 Å². The molecule has 150 valence electrons. The molecule has 0 aliphatic carbocycles. The van der Waals surface area contributed by atoms with E-state index in [2.05, 4.69) is 26.5 Å². The number of nitrogens with one attached hydrogen (secondary N) is 1. The molecule has 0 atom stereocenters. The van der Waals surface area contributed by atoms with Crippen LogP contribution in [0.1, 0.15) is 18.1 Å². The predicted molar refractivity (Wildman–Crippen MR) is 103 cm³/mol. The van der Waals surface area contributed by atoms with Gasteiger partial charge >= 0.3 is 6.18 Å². The molecule has 2 aromatic rings. The highest BCUT2D eigenvalue weighted by molar-refractivity contribution is 9.10. The van der Waals surface area contributed by atoms with Gasteiger partial charge in [0.15, 0.2) is 18.1 Å². The van der Waals surface area contributed by atoms with E-state index in [0.717, 1.165) is 12.1 Å². The van der Waals surface area contributed by atoms with Gasteiger partial charge in [0, 0.05) is 0 Å². The van der Waals surface area contributed by atoms with Crippen LogP contribution in [0.3, 0.4) is 0 Å². The zero-order valence-electron chi connectivity index (χ0n) is 14.7. The molecule has 0 saturated carbocycles. The van der Waals surface area contributed by atoms with Crippen LogP contribution in [-0.2, 0) is 11.0 Å². The monoisotopic (exact) mass is 459 g/mol. The fourth-order valence-corrected chi connectivity index (χ4v) is 2.73. The Morgan fingerprint density at radius 2 is 2.04 bits per heavy atom. The van der Waals surface area contributed by atoms with Crippen molar-refractivity contribution in [3.05, 3.63) is 52.0 Å². The maximum Gasteiger partial charge on any atom is 0.416 e. The molecule has 0 radical (unpaired) electrons. The first-order chi connectivity index (χ1) is 13.2. The maximum absolute atomic E-state index is 12.7. The van der Waals surface area contributed by atoms with Crippen molar-refractivity contribution >= 4 is 33.7 Å². The molecule has 0 aliphatic rings. The van der Waals surface area contributed by atoms with E-state index in [1.165, 1.54) is 18.3 Å². The minimum atomic E-state index is -4.43. The fourth-order valence-electron chi connectivity index (χ4n) is 2.16. The van der Waals surface area contributed by atoms with Crippen molar-refractivity contribution in [2.75, 3.05) is 18.6 Å². The zero-order valence-corrected chi connectivity index (χ0v) is 16.3. The molecule has 6 nitrogen and oxygen atoms in total. The minimum absolute atomic E-state index is 0.191. The number of carbonyl (C=O) groups excluding carboxylic acids is 1. The molecule has 10 heteroatoms. The summed E-state index contributed by atoms with van der Waals surface area (Å²) in [6, 6.07) is 7.95. The van der Waals surface area contributed by atoms with Gasteiger partial charge < -0.3 is 15.2 Å². The largest absolute Gasteiger partial charge is 0.490 e. The average Bonchev–Trinajstić information content (AvgIpc) is 2.60. The van der Waals surface area contributed by atoms with E-state index < -0.39 is 17.6 Å². The molecule has 2 aromatic carbocycles. The number of anilines is 1. The van der Waals surface area contributed by atoms with E-state index in [0.29, 0.717) is 28.1 Å². The lowest BCUT2D eigenvalue weighted by Crippen LogP contribution is -2.20. The lowest BCUT2D eigenvalue weighted by Gasteiger charge is -2.13. The van der Waals surface area contributed by atoms with Crippen molar-refractivity contribution < 1.29 is 27.4 Å². The Labute approximate surface area is 167 Å². The molecular formula is C18H17BrF3N3O3. The summed E-state index contributed by atoms with van der Waals surface area (Å²) in [5, 5.41) is 3.95. The van der Waals surface area contributed by atoms with E-state index in [9.17, 15) is 18.0 Å². The van der Waals surface area contributed by atoms with Gasteiger partial charge in [-0.05, 0) is 58.7 Å². The summed E-state index contributed by atoms with van der Waals surface area (Å²) >= 11 is 3.32. The third-order valence-electron chi connectivity index (χ3n) is 3.29. The average molecular weight is 460 g/mol. The number of hydrogen-bond acceptors (Lipinski definition) is 5. The molecule has 2 rings (SSSR count). The molecular weight excluding hydrogens is 443 g/mol. The Morgan fingerprint density at radius 1 is 1.29 bits per heavy atom. The second-order valence-electron chi connectivity index (χ2n) is 5.47. The Bertz CT molecular complexity index is 873. The van der Waals surface area contributed by atoms with Crippen molar-refractivity contribution in [1.82, 2.24) is 0 Å². The Morgan fingerprint density at radius 3 is 2.68 bits per heavy atom. The number of ether oxygens (including phenoxy) is 2. The Balaban J connectivity index is 2.18. The van der Waals surface area contributed by atoms with Gasteiger partial charge in [-0.3, -0.25) is 10.2 Å². The highest BCUT2D eigenvalue weighted by Crippen LogP contribution is 2.36. The smallest absolute Gasteiger partial charge is 0.416 e. The molecule has 0 aromatic heterocycles. The van der Waals surface area contributed by atoms with Gasteiger partial charge in [-0.2, -0.15) is 18.3 Å². The molecule has 3 N–H and O–H groups in total. The highest BCUT2D eigenvalue weighted by Gasteiger charge is 2.30. The molecule has 0 aliphatic heterocycles. The summed E-state index contributed by atoms with van der Waals surface area (Å²) < 4.78 is 49.6. The van der Waals surface area contributed by atoms with Gasteiger partial charge in [-0.25, -0.2) is 0 Å². The Hall–Kier alpha value is -2.75. The second-order valence-corrected chi connectivity index (χ2v) is 6.32. The predicted octanol–water partition coefficient (Wildman–Crippen LogP) is 4.18. The van der Waals surface area contributed by atoms with Crippen molar-refractivity contribution in [3.8, 4) is 11.5 Å². The van der Waals surface area contributed by atoms with E-state index in [-0.39, 0.29) is 12.3 Å². The van der Waals surface area contributed by atoms with Crippen molar-refractivity contribution in [3.63, 3.8) is 0 Å². The first-order valence-corrected chi connectivity index (χ1v) is 8.83. The molecule has 28 heavy (non-hydrogen) atoms. The highest BCUT2D eigenvalue weighted by atomic mass is 79.9. The van der Waals surface area contributed by atoms with Crippen LogP contribution >= 0.6 is 15.9 Å². The van der Waals surface area contributed by atoms with Gasteiger partial charge in [0.05, 0.1) is 28.5 Å². The van der Waals surface area contributed by atoms with Crippen LogP contribution in [0.4, 0.5) is 18.9 Å². The van der Waals surface area contributed by atoms with Gasteiger partial charge in [0.1, 0.15) is 0 Å². The van der Waals surface area contributed by atoms with E-state index in [1.54, 1.807) is 19.1 Å². The molecule has 0 spiro atoms. The number of nitrogens with two attached hydrogens (primary N) is 1. The quantitative estimate of drug-likeness (QED) is 0.458. The van der Waals surface area contributed by atoms with Crippen LogP contribution in [0.15, 0.2) is 46.0 Å². The number of hydrogen-bond donors (Lipinski definition) is 2. The summed E-state index contributed by atoms with van der Waals surface area (Å²) in [5.74, 6) is 0.0348. The van der Waals surface area contributed by atoms with Crippen LogP contribution in [0.2, 0.25) is 0 Å².